The van der Waals surface area contributed by atoms with Crippen molar-refractivity contribution in [2.45, 2.75) is 39.2 Å². The second kappa shape index (κ2) is 6.72. The maximum absolute atomic E-state index is 4.25. The topological polar surface area (TPSA) is 68.5 Å². The summed E-state index contributed by atoms with van der Waals surface area (Å²) < 4.78 is 5.92. The highest BCUT2D eigenvalue weighted by Crippen LogP contribution is 2.27. The molecule has 2 heterocycles. The zero-order valence-electron chi connectivity index (χ0n) is 11.6. The molecule has 0 saturated carbocycles. The van der Waals surface area contributed by atoms with E-state index in [0.29, 0.717) is 0 Å². The minimum atomic E-state index is 0.0847. The van der Waals surface area contributed by atoms with E-state index in [1.165, 1.54) is 16.4 Å². The largest absolute Gasteiger partial charge is 0.304 e. The third-order valence-electron chi connectivity index (χ3n) is 2.98. The van der Waals surface area contributed by atoms with Crippen LogP contribution in [0.4, 0.5) is 0 Å². The molecule has 104 valence electrons. The Hall–Kier alpha value is -1.34. The first kappa shape index (κ1) is 14.1. The van der Waals surface area contributed by atoms with Gasteiger partial charge in [0.15, 0.2) is 0 Å². The molecular weight excluding hydrogens is 260 g/mol. The van der Waals surface area contributed by atoms with E-state index in [9.17, 15) is 0 Å². The quantitative estimate of drug-likeness (QED) is 0.836. The molecule has 0 spiro atoms. The van der Waals surface area contributed by atoms with Crippen LogP contribution in [0.15, 0.2) is 6.20 Å². The molecule has 1 atom stereocenters. The third kappa shape index (κ3) is 3.16. The van der Waals surface area contributed by atoms with E-state index < -0.39 is 0 Å². The van der Waals surface area contributed by atoms with Crippen LogP contribution < -0.4 is 5.32 Å². The average Bonchev–Trinajstić information content (AvgIpc) is 3.01. The van der Waals surface area contributed by atoms with Crippen LogP contribution in [0.1, 0.15) is 49.0 Å². The Morgan fingerprint density at radius 3 is 2.84 bits per heavy atom. The highest BCUT2D eigenvalue weighted by Gasteiger charge is 2.23. The second-order valence-electron chi connectivity index (χ2n) is 4.50. The average molecular weight is 280 g/mol. The van der Waals surface area contributed by atoms with Crippen molar-refractivity contribution < 1.29 is 0 Å². The Morgan fingerprint density at radius 1 is 1.37 bits per heavy atom. The Bertz CT molecular complexity index is 506. The monoisotopic (exact) mass is 280 g/mol. The Kier molecular flexibility index (Phi) is 4.98. The zero-order chi connectivity index (χ0) is 13.7. The number of hydrogen-bond acceptors (Lipinski definition) is 6. The van der Waals surface area contributed by atoms with Crippen LogP contribution in [0.3, 0.4) is 0 Å². The van der Waals surface area contributed by atoms with Gasteiger partial charge in [-0.25, -0.2) is 0 Å². The molecule has 2 aromatic heterocycles. The van der Waals surface area contributed by atoms with Gasteiger partial charge in [0.2, 0.25) is 0 Å². The van der Waals surface area contributed by atoms with Gasteiger partial charge in [-0.05, 0) is 30.9 Å². The van der Waals surface area contributed by atoms with Gasteiger partial charge in [0, 0.05) is 7.05 Å². The number of aromatic nitrogens is 5. The molecule has 1 unspecified atom stereocenters. The summed E-state index contributed by atoms with van der Waals surface area (Å²) in [6.45, 7) is 5.26. The van der Waals surface area contributed by atoms with Crippen molar-refractivity contribution in [3.05, 3.63) is 22.5 Å². The predicted octanol–water partition coefficient (Wildman–Crippen LogP) is 1.71. The van der Waals surface area contributed by atoms with Crippen molar-refractivity contribution in [3.8, 4) is 0 Å². The molecule has 0 aliphatic rings. The van der Waals surface area contributed by atoms with Crippen LogP contribution in [-0.2, 0) is 13.5 Å². The number of aryl methyl sites for hydroxylation is 2. The molecule has 0 saturated heterocycles. The van der Waals surface area contributed by atoms with Crippen molar-refractivity contribution >= 4 is 11.5 Å². The summed E-state index contributed by atoms with van der Waals surface area (Å²) in [5.74, 6) is 0. The summed E-state index contributed by atoms with van der Waals surface area (Å²) in [5, 5.41) is 15.8. The van der Waals surface area contributed by atoms with E-state index in [1.54, 1.807) is 0 Å². The number of rotatable bonds is 7. The summed E-state index contributed by atoms with van der Waals surface area (Å²) in [6, 6.07) is 0.0847. The van der Waals surface area contributed by atoms with Gasteiger partial charge in [0.1, 0.15) is 0 Å². The van der Waals surface area contributed by atoms with Crippen LogP contribution in [0, 0.1) is 0 Å². The van der Waals surface area contributed by atoms with Crippen LogP contribution in [0.5, 0.6) is 0 Å². The summed E-state index contributed by atoms with van der Waals surface area (Å²) in [6.07, 6.45) is 4.92. The first-order valence-electron chi connectivity index (χ1n) is 6.67. The number of hydrogen-bond donors (Lipinski definition) is 1. The van der Waals surface area contributed by atoms with Crippen molar-refractivity contribution in [1.82, 2.24) is 29.9 Å². The molecule has 6 nitrogen and oxygen atoms in total. The van der Waals surface area contributed by atoms with Gasteiger partial charge in [0.25, 0.3) is 0 Å². The van der Waals surface area contributed by atoms with Crippen LogP contribution in [0.2, 0.25) is 0 Å². The predicted molar refractivity (Wildman–Crippen MR) is 75.0 cm³/mol. The van der Waals surface area contributed by atoms with E-state index in [-0.39, 0.29) is 6.04 Å². The molecule has 19 heavy (non-hydrogen) atoms. The van der Waals surface area contributed by atoms with Gasteiger partial charge in [-0.2, -0.15) is 0 Å². The fourth-order valence-electron chi connectivity index (χ4n) is 2.02. The Labute approximate surface area is 117 Å². The highest BCUT2D eigenvalue weighted by atomic mass is 32.1. The molecule has 0 bridgehead atoms. The normalized spacial score (nSPS) is 12.8. The highest BCUT2D eigenvalue weighted by molar-refractivity contribution is 7.05. The molecule has 7 heteroatoms. The van der Waals surface area contributed by atoms with Gasteiger partial charge in [-0.1, -0.05) is 30.0 Å². The molecule has 0 fully saturated rings. The van der Waals surface area contributed by atoms with Crippen LogP contribution in [0.25, 0.3) is 0 Å². The lowest BCUT2D eigenvalue weighted by atomic mass is 10.1. The minimum absolute atomic E-state index is 0.0847. The van der Waals surface area contributed by atoms with Gasteiger partial charge >= 0.3 is 0 Å². The smallest absolute Gasteiger partial charge is 0.0893 e. The number of nitrogens with one attached hydrogen (secondary N) is 1. The fourth-order valence-corrected chi connectivity index (χ4v) is 2.81. The van der Waals surface area contributed by atoms with Gasteiger partial charge < -0.3 is 5.32 Å². The van der Waals surface area contributed by atoms with Crippen molar-refractivity contribution in [2.24, 2.45) is 7.05 Å². The Morgan fingerprint density at radius 2 is 2.21 bits per heavy atom. The van der Waals surface area contributed by atoms with Gasteiger partial charge in [-0.3, -0.25) is 4.68 Å². The van der Waals surface area contributed by atoms with Gasteiger partial charge in [-0.15, -0.1) is 10.2 Å². The molecule has 0 aliphatic heterocycles. The van der Waals surface area contributed by atoms with E-state index in [1.807, 2.05) is 17.9 Å². The van der Waals surface area contributed by atoms with Crippen molar-refractivity contribution in [1.29, 1.82) is 0 Å². The summed E-state index contributed by atoms with van der Waals surface area (Å²) in [7, 11) is 1.91. The fraction of sp³-hybridized carbons (Fsp3) is 0.667. The second-order valence-corrected chi connectivity index (χ2v) is 5.29. The van der Waals surface area contributed by atoms with Crippen molar-refractivity contribution in [2.75, 3.05) is 6.54 Å². The summed E-state index contributed by atoms with van der Waals surface area (Å²) in [5.41, 5.74) is 2.14. The van der Waals surface area contributed by atoms with Crippen LogP contribution >= 0.6 is 11.5 Å². The van der Waals surface area contributed by atoms with E-state index >= 15 is 0 Å². The van der Waals surface area contributed by atoms with E-state index in [0.717, 1.165) is 37.2 Å². The van der Waals surface area contributed by atoms with Crippen molar-refractivity contribution in [3.63, 3.8) is 0 Å². The minimum Gasteiger partial charge on any atom is -0.304 e. The van der Waals surface area contributed by atoms with E-state index in [2.05, 4.69) is 39.1 Å². The SMILES string of the molecule is CCCNC(c1snnc1CCC)c1cnnn1C. The summed E-state index contributed by atoms with van der Waals surface area (Å²) >= 11 is 1.46. The van der Waals surface area contributed by atoms with Gasteiger partial charge in [0.05, 0.1) is 28.5 Å². The Balaban J connectivity index is 2.31. The third-order valence-corrected chi connectivity index (χ3v) is 3.81. The van der Waals surface area contributed by atoms with E-state index in [4.69, 9.17) is 0 Å². The molecule has 1 N–H and O–H groups in total. The lowest BCUT2D eigenvalue weighted by molar-refractivity contribution is 0.552. The lowest BCUT2D eigenvalue weighted by Crippen LogP contribution is -2.25. The molecule has 0 amide bonds. The molecule has 0 aromatic carbocycles. The first-order valence-corrected chi connectivity index (χ1v) is 7.44. The standard InChI is InChI=1S/C12H20N6S/c1-4-6-9-12(19-17-15-9)11(13-7-5-2)10-8-14-16-18(10)3/h8,11,13H,4-7H2,1-3H3. The molecule has 0 aliphatic carbocycles. The zero-order valence-corrected chi connectivity index (χ0v) is 12.4. The first-order chi connectivity index (χ1) is 9.27. The van der Waals surface area contributed by atoms with Crippen LogP contribution in [-0.4, -0.2) is 31.1 Å². The number of nitrogens with zero attached hydrogens (tertiary/aromatic N) is 5. The lowest BCUT2D eigenvalue weighted by Gasteiger charge is -2.17. The molecular formula is C12H20N6S. The molecule has 0 radical (unpaired) electrons. The molecule has 2 rings (SSSR count). The maximum Gasteiger partial charge on any atom is 0.0893 e. The maximum atomic E-state index is 4.25. The summed E-state index contributed by atoms with van der Waals surface area (Å²) in [4.78, 5) is 1.18. The molecule has 2 aromatic rings.